The molecule has 3 aromatic rings. The standard InChI is InChI=1S/C25H30N4O3/c1-14-3-10-20(32-12-16-4-5-16)19(11-14)22-24-23(27-13-26-22)21(15(2)28-24)25(31)29-17-6-8-18(30)9-7-17/h3,10-11,13,16-18,28,30H,4-9,12H2,1-2H3,(H,29,31). The highest BCUT2D eigenvalue weighted by Gasteiger charge is 2.26. The second kappa shape index (κ2) is 8.54. The number of ether oxygens (including phenoxy) is 1. The fourth-order valence-corrected chi connectivity index (χ4v) is 4.53. The third kappa shape index (κ3) is 4.21. The van der Waals surface area contributed by atoms with Gasteiger partial charge in [0.25, 0.3) is 5.91 Å². The van der Waals surface area contributed by atoms with E-state index in [1.807, 2.05) is 26.0 Å². The van der Waals surface area contributed by atoms with Gasteiger partial charge in [0, 0.05) is 17.3 Å². The van der Waals surface area contributed by atoms with Crippen LogP contribution in [0.1, 0.15) is 60.1 Å². The number of aromatic nitrogens is 3. The number of rotatable bonds is 6. The summed E-state index contributed by atoms with van der Waals surface area (Å²) in [6, 6.07) is 6.20. The first kappa shape index (κ1) is 20.9. The van der Waals surface area contributed by atoms with Gasteiger partial charge in [-0.2, -0.15) is 0 Å². The number of carbonyl (C=O) groups is 1. The largest absolute Gasteiger partial charge is 0.493 e. The fourth-order valence-electron chi connectivity index (χ4n) is 4.53. The molecule has 5 rings (SSSR count). The molecule has 3 N–H and O–H groups in total. The molecule has 0 bridgehead atoms. The molecule has 0 saturated heterocycles. The summed E-state index contributed by atoms with van der Waals surface area (Å²) in [5, 5.41) is 12.9. The van der Waals surface area contributed by atoms with Crippen LogP contribution in [-0.2, 0) is 0 Å². The highest BCUT2D eigenvalue weighted by Crippen LogP contribution is 2.37. The van der Waals surface area contributed by atoms with Gasteiger partial charge in [-0.05, 0) is 70.4 Å². The van der Waals surface area contributed by atoms with E-state index in [2.05, 4.69) is 26.3 Å². The predicted octanol–water partition coefficient (Wildman–Crippen LogP) is 4.06. The second-order valence-corrected chi connectivity index (χ2v) is 9.30. The third-order valence-electron chi connectivity index (χ3n) is 6.59. The number of H-pyrrole nitrogens is 1. The van der Waals surface area contributed by atoms with Crippen molar-refractivity contribution in [3.8, 4) is 17.0 Å². The maximum Gasteiger partial charge on any atom is 0.255 e. The van der Waals surface area contributed by atoms with Gasteiger partial charge in [-0.25, -0.2) is 9.97 Å². The molecule has 2 saturated carbocycles. The van der Waals surface area contributed by atoms with E-state index in [4.69, 9.17) is 4.74 Å². The summed E-state index contributed by atoms with van der Waals surface area (Å²) in [5.41, 5.74) is 5.46. The molecule has 7 nitrogen and oxygen atoms in total. The summed E-state index contributed by atoms with van der Waals surface area (Å²) in [6.07, 6.45) is 6.76. The number of benzene rings is 1. The van der Waals surface area contributed by atoms with Crippen molar-refractivity contribution in [3.63, 3.8) is 0 Å². The molecule has 2 fully saturated rings. The van der Waals surface area contributed by atoms with E-state index in [9.17, 15) is 9.90 Å². The molecule has 0 aliphatic heterocycles. The Kier molecular flexibility index (Phi) is 5.59. The minimum Gasteiger partial charge on any atom is -0.493 e. The Balaban J connectivity index is 1.49. The quantitative estimate of drug-likeness (QED) is 0.543. The Morgan fingerprint density at radius 2 is 1.94 bits per heavy atom. The first-order valence-corrected chi connectivity index (χ1v) is 11.6. The normalized spacial score (nSPS) is 21.0. The number of aryl methyl sites for hydroxylation is 2. The average molecular weight is 435 g/mol. The van der Waals surface area contributed by atoms with Gasteiger partial charge in [0.15, 0.2) is 0 Å². The Morgan fingerprint density at radius 3 is 2.69 bits per heavy atom. The predicted molar refractivity (Wildman–Crippen MR) is 123 cm³/mol. The first-order chi connectivity index (χ1) is 15.5. The molecule has 1 aromatic carbocycles. The van der Waals surface area contributed by atoms with E-state index in [1.54, 1.807) is 0 Å². The summed E-state index contributed by atoms with van der Waals surface area (Å²) in [4.78, 5) is 25.6. The molecule has 2 aromatic heterocycles. The molecule has 0 atom stereocenters. The van der Waals surface area contributed by atoms with E-state index in [0.717, 1.165) is 66.1 Å². The summed E-state index contributed by atoms with van der Waals surface area (Å²) in [7, 11) is 0. The van der Waals surface area contributed by atoms with Crippen LogP contribution in [0.25, 0.3) is 22.3 Å². The van der Waals surface area contributed by atoms with Gasteiger partial charge < -0.3 is 20.1 Å². The van der Waals surface area contributed by atoms with Crippen LogP contribution in [0.4, 0.5) is 0 Å². The van der Waals surface area contributed by atoms with Crippen molar-refractivity contribution >= 4 is 16.9 Å². The summed E-state index contributed by atoms with van der Waals surface area (Å²) in [6.45, 7) is 4.66. The number of amides is 1. The number of aliphatic hydroxyl groups is 1. The number of hydrogen-bond donors (Lipinski definition) is 3. The fraction of sp³-hybridized carbons (Fsp3) is 0.480. The van der Waals surface area contributed by atoms with Crippen molar-refractivity contribution < 1.29 is 14.6 Å². The van der Waals surface area contributed by atoms with E-state index >= 15 is 0 Å². The van der Waals surface area contributed by atoms with Crippen LogP contribution in [0.3, 0.4) is 0 Å². The molecule has 7 heteroatoms. The van der Waals surface area contributed by atoms with Crippen molar-refractivity contribution in [1.29, 1.82) is 0 Å². The molecule has 0 radical (unpaired) electrons. The lowest BCUT2D eigenvalue weighted by molar-refractivity contribution is 0.0868. The lowest BCUT2D eigenvalue weighted by atomic mass is 9.93. The zero-order valence-corrected chi connectivity index (χ0v) is 18.6. The highest BCUT2D eigenvalue weighted by molar-refractivity contribution is 6.09. The second-order valence-electron chi connectivity index (χ2n) is 9.30. The zero-order valence-electron chi connectivity index (χ0n) is 18.6. The number of nitrogens with zero attached hydrogens (tertiary/aromatic N) is 2. The maximum atomic E-state index is 13.2. The lowest BCUT2D eigenvalue weighted by Crippen LogP contribution is -2.38. The van der Waals surface area contributed by atoms with Gasteiger partial charge in [-0.1, -0.05) is 11.6 Å². The third-order valence-corrected chi connectivity index (χ3v) is 6.59. The lowest BCUT2D eigenvalue weighted by Gasteiger charge is -2.26. The van der Waals surface area contributed by atoms with E-state index in [0.29, 0.717) is 17.0 Å². The first-order valence-electron chi connectivity index (χ1n) is 11.6. The van der Waals surface area contributed by atoms with E-state index in [1.165, 1.54) is 19.2 Å². The molecule has 2 aliphatic carbocycles. The number of carbonyl (C=O) groups excluding carboxylic acids is 1. The van der Waals surface area contributed by atoms with Gasteiger partial charge in [0.1, 0.15) is 23.3 Å². The van der Waals surface area contributed by atoms with Crippen molar-refractivity contribution in [1.82, 2.24) is 20.3 Å². The molecule has 1 amide bonds. The van der Waals surface area contributed by atoms with Crippen molar-refractivity contribution in [2.75, 3.05) is 6.61 Å². The van der Waals surface area contributed by atoms with Crippen LogP contribution in [-0.4, -0.2) is 44.7 Å². The highest BCUT2D eigenvalue weighted by atomic mass is 16.5. The van der Waals surface area contributed by atoms with Crippen molar-refractivity contribution in [2.45, 2.75) is 64.5 Å². The van der Waals surface area contributed by atoms with Crippen LogP contribution < -0.4 is 10.1 Å². The smallest absolute Gasteiger partial charge is 0.255 e. The van der Waals surface area contributed by atoms with Crippen LogP contribution in [0, 0.1) is 19.8 Å². The summed E-state index contributed by atoms with van der Waals surface area (Å²) in [5.74, 6) is 1.33. The topological polar surface area (TPSA) is 100 Å². The number of hydrogen-bond acceptors (Lipinski definition) is 5. The van der Waals surface area contributed by atoms with Crippen LogP contribution in [0.5, 0.6) is 5.75 Å². The van der Waals surface area contributed by atoms with Crippen molar-refractivity contribution in [2.24, 2.45) is 5.92 Å². The van der Waals surface area contributed by atoms with E-state index in [-0.39, 0.29) is 18.1 Å². The number of nitrogens with one attached hydrogen (secondary N) is 2. The molecule has 2 heterocycles. The number of aromatic amines is 1. The minimum atomic E-state index is -0.251. The van der Waals surface area contributed by atoms with Gasteiger partial charge in [-0.15, -0.1) is 0 Å². The Labute approximate surface area is 187 Å². The Bertz CT molecular complexity index is 1140. The van der Waals surface area contributed by atoms with E-state index < -0.39 is 0 Å². The molecular weight excluding hydrogens is 404 g/mol. The Hall–Kier alpha value is -2.93. The number of aliphatic hydroxyl groups excluding tert-OH is 1. The van der Waals surface area contributed by atoms with Crippen molar-refractivity contribution in [3.05, 3.63) is 41.3 Å². The zero-order chi connectivity index (χ0) is 22.2. The molecule has 0 spiro atoms. The minimum absolute atomic E-state index is 0.0794. The Morgan fingerprint density at radius 1 is 1.16 bits per heavy atom. The van der Waals surface area contributed by atoms with Crippen LogP contribution in [0.15, 0.2) is 24.5 Å². The van der Waals surface area contributed by atoms with Crippen LogP contribution >= 0.6 is 0 Å². The molecular formula is C25H30N4O3. The maximum absolute atomic E-state index is 13.2. The van der Waals surface area contributed by atoms with Gasteiger partial charge >= 0.3 is 0 Å². The molecule has 0 unspecified atom stereocenters. The average Bonchev–Trinajstić information content (AvgIpc) is 3.54. The summed E-state index contributed by atoms with van der Waals surface area (Å²) >= 11 is 0. The SMILES string of the molecule is Cc1ccc(OCC2CC2)c(-c2ncnc3c(C(=O)NC4CCC(O)CC4)c(C)[nH]c23)c1. The van der Waals surface area contributed by atoms with Crippen LogP contribution in [0.2, 0.25) is 0 Å². The monoisotopic (exact) mass is 434 g/mol. The molecule has 2 aliphatic rings. The number of fused-ring (bicyclic) bond motifs is 1. The van der Waals surface area contributed by atoms with Gasteiger partial charge in [0.2, 0.25) is 0 Å². The molecule has 32 heavy (non-hydrogen) atoms. The van der Waals surface area contributed by atoms with Gasteiger partial charge in [0.05, 0.1) is 23.8 Å². The molecule has 168 valence electrons. The summed E-state index contributed by atoms with van der Waals surface area (Å²) < 4.78 is 6.14. The van der Waals surface area contributed by atoms with Gasteiger partial charge in [-0.3, -0.25) is 4.79 Å².